The number of carbonyl (C=O) groups excluding carboxylic acids is 1. The minimum atomic E-state index is -0.156. The van der Waals surface area contributed by atoms with E-state index in [1.165, 1.54) is 12.8 Å². The van der Waals surface area contributed by atoms with Gasteiger partial charge < -0.3 is 9.64 Å². The van der Waals surface area contributed by atoms with Gasteiger partial charge in [0, 0.05) is 32.7 Å². The van der Waals surface area contributed by atoms with Crippen LogP contribution in [0.4, 0.5) is 4.79 Å². The second kappa shape index (κ2) is 5.64. The number of allylic oxidation sites excluding steroid dienone is 1. The highest BCUT2D eigenvalue weighted by molar-refractivity contribution is 5.67. The first-order chi connectivity index (χ1) is 10.0. The van der Waals surface area contributed by atoms with Gasteiger partial charge in [-0.2, -0.15) is 0 Å². The van der Waals surface area contributed by atoms with Crippen LogP contribution in [0.3, 0.4) is 0 Å². The molecule has 4 rings (SSSR count). The van der Waals surface area contributed by atoms with E-state index in [-0.39, 0.29) is 6.09 Å². The zero-order valence-electron chi connectivity index (χ0n) is 13.6. The molecule has 2 fully saturated rings. The predicted octanol–water partition coefficient (Wildman–Crippen LogP) is 2.75. The van der Waals surface area contributed by atoms with Gasteiger partial charge >= 0.3 is 6.09 Å². The number of rotatable bonds is 3. The Kier molecular flexibility index (Phi) is 4.00. The molecule has 118 valence electrons. The van der Waals surface area contributed by atoms with E-state index in [4.69, 9.17) is 4.74 Å². The van der Waals surface area contributed by atoms with Gasteiger partial charge in [0.25, 0.3) is 0 Å². The van der Waals surface area contributed by atoms with Crippen LogP contribution in [0.25, 0.3) is 0 Å². The lowest BCUT2D eigenvalue weighted by molar-refractivity contribution is -0.0120. The third-order valence-electron chi connectivity index (χ3n) is 5.89. The number of ether oxygens (including phenoxy) is 1. The highest BCUT2D eigenvalue weighted by atomic mass is 16.6. The summed E-state index contributed by atoms with van der Waals surface area (Å²) in [6.07, 6.45) is 4.99. The van der Waals surface area contributed by atoms with E-state index >= 15 is 0 Å². The number of amides is 1. The molecule has 0 aromatic rings. The number of nitrogens with zero attached hydrogens (tertiary/aromatic N) is 2. The van der Waals surface area contributed by atoms with Crippen LogP contribution in [0.1, 0.15) is 33.6 Å². The van der Waals surface area contributed by atoms with Gasteiger partial charge in [-0.05, 0) is 37.0 Å². The van der Waals surface area contributed by atoms with Crippen molar-refractivity contribution in [3.05, 3.63) is 11.6 Å². The number of hydrogen-bond acceptors (Lipinski definition) is 3. The number of fused-ring (bicyclic) bond motifs is 1. The Morgan fingerprint density at radius 1 is 1.33 bits per heavy atom. The fourth-order valence-corrected chi connectivity index (χ4v) is 4.22. The van der Waals surface area contributed by atoms with Gasteiger partial charge in [-0.25, -0.2) is 4.79 Å². The maximum atomic E-state index is 11.7. The molecular weight excluding hydrogens is 264 g/mol. The highest BCUT2D eigenvalue weighted by Crippen LogP contribution is 2.59. The molecule has 1 aliphatic heterocycles. The van der Waals surface area contributed by atoms with Crippen LogP contribution in [-0.2, 0) is 4.74 Å². The van der Waals surface area contributed by atoms with Crippen molar-refractivity contribution in [1.82, 2.24) is 9.80 Å². The molecule has 4 aliphatic rings. The predicted molar refractivity (Wildman–Crippen MR) is 83.1 cm³/mol. The molecule has 0 unspecified atom stereocenters. The van der Waals surface area contributed by atoms with Crippen molar-refractivity contribution >= 4 is 6.09 Å². The van der Waals surface area contributed by atoms with Gasteiger partial charge in [-0.3, -0.25) is 4.90 Å². The SMILES string of the molecule is CCOC(=O)N1CCN(CC2=CC[C@H]3C[C@H]2C3(C)C)CC1. The molecule has 1 saturated heterocycles. The summed E-state index contributed by atoms with van der Waals surface area (Å²) < 4.78 is 5.07. The van der Waals surface area contributed by atoms with Crippen molar-refractivity contribution in [1.29, 1.82) is 0 Å². The molecule has 4 nitrogen and oxygen atoms in total. The van der Waals surface area contributed by atoms with Crippen molar-refractivity contribution in [3.63, 3.8) is 0 Å². The average Bonchev–Trinajstić information content (AvgIpc) is 2.48. The van der Waals surface area contributed by atoms with Crippen molar-refractivity contribution in [3.8, 4) is 0 Å². The molecule has 3 aliphatic carbocycles. The smallest absolute Gasteiger partial charge is 0.409 e. The molecule has 1 saturated carbocycles. The van der Waals surface area contributed by atoms with Gasteiger partial charge in [-0.1, -0.05) is 25.5 Å². The van der Waals surface area contributed by atoms with Crippen LogP contribution in [0.15, 0.2) is 11.6 Å². The summed E-state index contributed by atoms with van der Waals surface area (Å²) in [7, 11) is 0. The van der Waals surface area contributed by atoms with Crippen LogP contribution >= 0.6 is 0 Å². The van der Waals surface area contributed by atoms with E-state index < -0.39 is 0 Å². The summed E-state index contributed by atoms with van der Waals surface area (Å²) in [5.74, 6) is 1.70. The lowest BCUT2D eigenvalue weighted by atomic mass is 9.49. The molecule has 1 amide bonds. The van der Waals surface area contributed by atoms with E-state index in [2.05, 4.69) is 24.8 Å². The van der Waals surface area contributed by atoms with Gasteiger partial charge in [0.1, 0.15) is 0 Å². The topological polar surface area (TPSA) is 32.8 Å². The monoisotopic (exact) mass is 292 g/mol. The van der Waals surface area contributed by atoms with Gasteiger partial charge in [0.15, 0.2) is 0 Å². The molecule has 0 N–H and O–H groups in total. The van der Waals surface area contributed by atoms with Crippen LogP contribution in [0.2, 0.25) is 0 Å². The largest absolute Gasteiger partial charge is 0.450 e. The van der Waals surface area contributed by atoms with E-state index in [1.807, 2.05) is 11.8 Å². The van der Waals surface area contributed by atoms with Crippen LogP contribution in [0, 0.1) is 17.3 Å². The second-order valence-electron chi connectivity index (χ2n) is 7.28. The molecule has 2 bridgehead atoms. The fraction of sp³-hybridized carbons (Fsp3) is 0.824. The second-order valence-corrected chi connectivity index (χ2v) is 7.28. The summed E-state index contributed by atoms with van der Waals surface area (Å²) in [5.41, 5.74) is 2.16. The Morgan fingerprint density at radius 2 is 2.05 bits per heavy atom. The summed E-state index contributed by atoms with van der Waals surface area (Å²) >= 11 is 0. The first kappa shape index (κ1) is 14.9. The number of piperazine rings is 1. The first-order valence-corrected chi connectivity index (χ1v) is 8.35. The maximum absolute atomic E-state index is 11.7. The molecule has 4 heteroatoms. The van der Waals surface area contributed by atoms with Gasteiger partial charge in [0.05, 0.1) is 6.61 Å². The molecule has 0 aromatic carbocycles. The summed E-state index contributed by atoms with van der Waals surface area (Å²) in [5, 5.41) is 0. The molecule has 0 spiro atoms. The molecule has 0 radical (unpaired) electrons. The van der Waals surface area contributed by atoms with Crippen molar-refractivity contribution < 1.29 is 9.53 Å². The minimum absolute atomic E-state index is 0.156. The maximum Gasteiger partial charge on any atom is 0.409 e. The Hall–Kier alpha value is -1.03. The summed E-state index contributed by atoms with van der Waals surface area (Å²) in [6.45, 7) is 11.8. The number of hydrogen-bond donors (Lipinski definition) is 0. The van der Waals surface area contributed by atoms with Crippen LogP contribution in [0.5, 0.6) is 0 Å². The highest BCUT2D eigenvalue weighted by Gasteiger charge is 2.51. The zero-order chi connectivity index (χ0) is 15.0. The average molecular weight is 292 g/mol. The van der Waals surface area contributed by atoms with E-state index in [0.717, 1.165) is 44.6 Å². The lowest BCUT2D eigenvalue weighted by Crippen LogP contribution is -2.53. The van der Waals surface area contributed by atoms with Crippen LogP contribution in [-0.4, -0.2) is 55.2 Å². The van der Waals surface area contributed by atoms with Gasteiger partial charge in [-0.15, -0.1) is 0 Å². The normalized spacial score (nSPS) is 31.4. The first-order valence-electron chi connectivity index (χ1n) is 8.35. The third kappa shape index (κ3) is 2.70. The third-order valence-corrected chi connectivity index (χ3v) is 5.89. The van der Waals surface area contributed by atoms with Crippen molar-refractivity contribution in [2.24, 2.45) is 17.3 Å². The Labute approximate surface area is 128 Å². The standard InChI is InChI=1S/C17H28N2O2/c1-4-21-16(20)19-9-7-18(8-10-19)12-13-5-6-14-11-15(13)17(14,2)3/h5,14-15H,4,6-12H2,1-3H3/t14-,15+/m0/s1. The van der Waals surface area contributed by atoms with E-state index in [0.29, 0.717) is 12.0 Å². The van der Waals surface area contributed by atoms with Crippen molar-refractivity contribution in [2.45, 2.75) is 33.6 Å². The Morgan fingerprint density at radius 3 is 2.62 bits per heavy atom. The summed E-state index contributed by atoms with van der Waals surface area (Å²) in [6, 6.07) is 0. The van der Waals surface area contributed by atoms with Gasteiger partial charge in [0.2, 0.25) is 0 Å². The Balaban J connectivity index is 1.50. The molecule has 0 aromatic heterocycles. The van der Waals surface area contributed by atoms with Crippen molar-refractivity contribution in [2.75, 3.05) is 39.3 Å². The lowest BCUT2D eigenvalue weighted by Gasteiger charge is -2.57. The molecule has 21 heavy (non-hydrogen) atoms. The fourth-order valence-electron chi connectivity index (χ4n) is 4.22. The molecule has 1 heterocycles. The number of carbonyl (C=O) groups is 1. The summed E-state index contributed by atoms with van der Waals surface area (Å²) in [4.78, 5) is 16.0. The minimum Gasteiger partial charge on any atom is -0.450 e. The quantitative estimate of drug-likeness (QED) is 0.750. The van der Waals surface area contributed by atoms with E-state index in [1.54, 1.807) is 5.57 Å². The molecular formula is C17H28N2O2. The van der Waals surface area contributed by atoms with Crippen LogP contribution < -0.4 is 0 Å². The van der Waals surface area contributed by atoms with E-state index in [9.17, 15) is 4.79 Å². The molecule has 2 atom stereocenters. The zero-order valence-corrected chi connectivity index (χ0v) is 13.6. The Bertz CT molecular complexity index is 436.